The molecule has 4 aromatic rings. The Hall–Kier alpha value is -3.41. The van der Waals surface area contributed by atoms with E-state index in [1.807, 2.05) is 60.3 Å². The van der Waals surface area contributed by atoms with Gasteiger partial charge in [-0.25, -0.2) is 9.50 Å². The molecule has 1 N–H and O–H groups in total. The van der Waals surface area contributed by atoms with Crippen LogP contribution in [0.2, 0.25) is 0 Å². The Kier molecular flexibility index (Phi) is 3.78. The quantitative estimate of drug-likeness (QED) is 0.625. The molecule has 1 atom stereocenters. The zero-order valence-corrected chi connectivity index (χ0v) is 13.7. The number of carbonyl (C=O) groups excluding carboxylic acids is 1. The van der Waals surface area contributed by atoms with E-state index in [0.29, 0.717) is 11.3 Å². The summed E-state index contributed by atoms with van der Waals surface area (Å²) in [5, 5.41) is 7.22. The third kappa shape index (κ3) is 3.01. The van der Waals surface area contributed by atoms with Crippen LogP contribution in [-0.2, 0) is 0 Å². The minimum atomic E-state index is -0.215. The summed E-state index contributed by atoms with van der Waals surface area (Å²) in [4.78, 5) is 16.6. The Labute approximate surface area is 144 Å². The molecule has 3 heterocycles. The van der Waals surface area contributed by atoms with Crippen molar-refractivity contribution in [3.05, 3.63) is 84.6 Å². The van der Waals surface area contributed by atoms with Crippen LogP contribution >= 0.6 is 0 Å². The number of carbonyl (C=O) groups is 1. The highest BCUT2D eigenvalue weighted by atomic mass is 16.2. The van der Waals surface area contributed by atoms with E-state index in [1.165, 1.54) is 0 Å². The Morgan fingerprint density at radius 2 is 1.84 bits per heavy atom. The lowest BCUT2D eigenvalue weighted by Gasteiger charge is -2.14. The van der Waals surface area contributed by atoms with Crippen LogP contribution in [0.25, 0.3) is 11.3 Å². The molecular formula is C19H17N5O. The molecule has 0 aliphatic rings. The fourth-order valence-corrected chi connectivity index (χ4v) is 2.74. The summed E-state index contributed by atoms with van der Waals surface area (Å²) in [5.41, 5.74) is 3.12. The van der Waals surface area contributed by atoms with Gasteiger partial charge in [0.15, 0.2) is 11.3 Å². The van der Waals surface area contributed by atoms with E-state index < -0.39 is 0 Å². The van der Waals surface area contributed by atoms with Crippen molar-refractivity contribution in [1.29, 1.82) is 0 Å². The fraction of sp³-hybridized carbons (Fsp3) is 0.105. The van der Waals surface area contributed by atoms with E-state index in [0.717, 1.165) is 11.3 Å². The van der Waals surface area contributed by atoms with Gasteiger partial charge < -0.3 is 9.88 Å². The molecule has 25 heavy (non-hydrogen) atoms. The molecule has 0 bridgehead atoms. The van der Waals surface area contributed by atoms with Gasteiger partial charge in [0.1, 0.15) is 0 Å². The molecule has 4 rings (SSSR count). The molecule has 0 aliphatic carbocycles. The maximum Gasteiger partial charge on any atom is 0.272 e. The average molecular weight is 331 g/mol. The molecule has 0 saturated heterocycles. The van der Waals surface area contributed by atoms with Gasteiger partial charge in [-0.3, -0.25) is 4.79 Å². The van der Waals surface area contributed by atoms with Crippen molar-refractivity contribution in [2.24, 2.45) is 0 Å². The number of aromatic nitrogens is 4. The van der Waals surface area contributed by atoms with Gasteiger partial charge in [-0.2, -0.15) is 5.10 Å². The SMILES string of the molecule is CC(NC(=O)c1cc2ncccn2n1)c1ccc(-n2cccc2)cc1. The maximum absolute atomic E-state index is 12.4. The van der Waals surface area contributed by atoms with Crippen molar-refractivity contribution in [2.75, 3.05) is 0 Å². The summed E-state index contributed by atoms with van der Waals surface area (Å²) in [7, 11) is 0. The number of amides is 1. The Balaban J connectivity index is 1.49. The molecule has 0 spiro atoms. The highest BCUT2D eigenvalue weighted by molar-refractivity contribution is 5.93. The molecular weight excluding hydrogens is 314 g/mol. The zero-order chi connectivity index (χ0) is 17.2. The first-order valence-electron chi connectivity index (χ1n) is 8.05. The molecule has 1 aromatic carbocycles. The van der Waals surface area contributed by atoms with Gasteiger partial charge >= 0.3 is 0 Å². The molecule has 0 saturated carbocycles. The van der Waals surface area contributed by atoms with Crippen LogP contribution in [-0.4, -0.2) is 25.1 Å². The van der Waals surface area contributed by atoms with Crippen LogP contribution in [0, 0.1) is 0 Å². The molecule has 1 amide bonds. The number of fused-ring (bicyclic) bond motifs is 1. The minimum absolute atomic E-state index is 0.121. The standard InChI is InChI=1S/C19H17N5O/c1-14(15-5-7-16(8-6-15)23-10-2-3-11-23)21-19(25)17-13-18-20-9-4-12-24(18)22-17/h2-14H,1H3,(H,21,25). The zero-order valence-electron chi connectivity index (χ0n) is 13.7. The van der Waals surface area contributed by atoms with Crippen molar-refractivity contribution in [3.8, 4) is 5.69 Å². The molecule has 0 aliphatic heterocycles. The summed E-state index contributed by atoms with van der Waals surface area (Å²) < 4.78 is 3.63. The predicted molar refractivity (Wildman–Crippen MR) is 94.6 cm³/mol. The van der Waals surface area contributed by atoms with E-state index in [9.17, 15) is 4.79 Å². The van der Waals surface area contributed by atoms with E-state index in [-0.39, 0.29) is 11.9 Å². The summed E-state index contributed by atoms with van der Waals surface area (Å²) in [6, 6.07) is 15.4. The maximum atomic E-state index is 12.4. The van der Waals surface area contributed by atoms with Gasteiger partial charge in [0, 0.05) is 36.5 Å². The van der Waals surface area contributed by atoms with Crippen LogP contribution in [0.4, 0.5) is 0 Å². The second kappa shape index (κ2) is 6.24. The van der Waals surface area contributed by atoms with Gasteiger partial charge in [0.2, 0.25) is 0 Å². The van der Waals surface area contributed by atoms with E-state index >= 15 is 0 Å². The lowest BCUT2D eigenvalue weighted by Crippen LogP contribution is -2.27. The average Bonchev–Trinajstić information content (AvgIpc) is 3.31. The van der Waals surface area contributed by atoms with Crippen molar-refractivity contribution in [2.45, 2.75) is 13.0 Å². The van der Waals surface area contributed by atoms with E-state index in [2.05, 4.69) is 15.4 Å². The first kappa shape index (κ1) is 15.1. The van der Waals surface area contributed by atoms with Crippen molar-refractivity contribution >= 4 is 11.6 Å². The first-order chi connectivity index (χ1) is 12.2. The number of hydrogen-bond acceptors (Lipinski definition) is 3. The van der Waals surface area contributed by atoms with Gasteiger partial charge in [0.25, 0.3) is 5.91 Å². The summed E-state index contributed by atoms with van der Waals surface area (Å²) in [5.74, 6) is -0.215. The smallest absolute Gasteiger partial charge is 0.272 e. The lowest BCUT2D eigenvalue weighted by molar-refractivity contribution is 0.0934. The number of benzene rings is 1. The summed E-state index contributed by atoms with van der Waals surface area (Å²) >= 11 is 0. The van der Waals surface area contributed by atoms with Crippen LogP contribution in [0.15, 0.2) is 73.3 Å². The van der Waals surface area contributed by atoms with E-state index in [4.69, 9.17) is 0 Å². The normalized spacial score (nSPS) is 12.2. The summed E-state index contributed by atoms with van der Waals surface area (Å²) in [6.07, 6.45) is 7.44. The molecule has 3 aromatic heterocycles. The Morgan fingerprint density at radius 1 is 1.08 bits per heavy atom. The van der Waals surface area contributed by atoms with Crippen LogP contribution in [0.3, 0.4) is 0 Å². The Bertz CT molecular complexity index is 969. The molecule has 0 radical (unpaired) electrons. The number of nitrogens with one attached hydrogen (secondary N) is 1. The van der Waals surface area contributed by atoms with Crippen molar-refractivity contribution < 1.29 is 4.79 Å². The second-order valence-corrected chi connectivity index (χ2v) is 5.83. The molecule has 6 heteroatoms. The molecule has 124 valence electrons. The molecule has 1 unspecified atom stereocenters. The third-order valence-electron chi connectivity index (χ3n) is 4.11. The highest BCUT2D eigenvalue weighted by Crippen LogP contribution is 2.16. The monoisotopic (exact) mass is 331 g/mol. The fourth-order valence-electron chi connectivity index (χ4n) is 2.74. The van der Waals surface area contributed by atoms with Gasteiger partial charge in [-0.15, -0.1) is 0 Å². The highest BCUT2D eigenvalue weighted by Gasteiger charge is 2.15. The van der Waals surface area contributed by atoms with Gasteiger partial charge in [-0.05, 0) is 42.8 Å². The lowest BCUT2D eigenvalue weighted by atomic mass is 10.1. The Morgan fingerprint density at radius 3 is 2.56 bits per heavy atom. The van der Waals surface area contributed by atoms with Gasteiger partial charge in [0.05, 0.1) is 6.04 Å². The largest absolute Gasteiger partial charge is 0.344 e. The van der Waals surface area contributed by atoms with Crippen LogP contribution < -0.4 is 5.32 Å². The molecule has 6 nitrogen and oxygen atoms in total. The predicted octanol–water partition coefficient (Wildman–Crippen LogP) is 3.01. The second-order valence-electron chi connectivity index (χ2n) is 5.83. The first-order valence-corrected chi connectivity index (χ1v) is 8.05. The minimum Gasteiger partial charge on any atom is -0.344 e. The summed E-state index contributed by atoms with van der Waals surface area (Å²) in [6.45, 7) is 1.95. The topological polar surface area (TPSA) is 64.2 Å². The number of nitrogens with zero attached hydrogens (tertiary/aromatic N) is 4. The van der Waals surface area contributed by atoms with Gasteiger partial charge in [-0.1, -0.05) is 12.1 Å². The van der Waals surface area contributed by atoms with Crippen LogP contribution in [0.5, 0.6) is 0 Å². The van der Waals surface area contributed by atoms with E-state index in [1.54, 1.807) is 29.0 Å². The number of hydrogen-bond donors (Lipinski definition) is 1. The third-order valence-corrected chi connectivity index (χ3v) is 4.11. The van der Waals surface area contributed by atoms with Crippen LogP contribution in [0.1, 0.15) is 29.0 Å². The van der Waals surface area contributed by atoms with Crippen molar-refractivity contribution in [1.82, 2.24) is 24.5 Å². The van der Waals surface area contributed by atoms with Crippen molar-refractivity contribution in [3.63, 3.8) is 0 Å². The number of rotatable bonds is 4. The molecule has 0 fully saturated rings.